The van der Waals surface area contributed by atoms with Gasteiger partial charge in [0.2, 0.25) is 10.0 Å². The average molecular weight is 346 g/mol. The third kappa shape index (κ3) is 4.43. The molecule has 128 valence electrons. The van der Waals surface area contributed by atoms with Gasteiger partial charge in [0.15, 0.2) is 0 Å². The Kier molecular flexibility index (Phi) is 5.75. The van der Waals surface area contributed by atoms with Gasteiger partial charge in [0.25, 0.3) is 5.91 Å². The molecule has 2 aromatic rings. The molecule has 0 bridgehead atoms. The van der Waals surface area contributed by atoms with Gasteiger partial charge in [-0.15, -0.1) is 0 Å². The molecule has 2 aromatic carbocycles. The van der Waals surface area contributed by atoms with Gasteiger partial charge in [-0.3, -0.25) is 4.79 Å². The van der Waals surface area contributed by atoms with Gasteiger partial charge in [0.1, 0.15) is 0 Å². The fourth-order valence-electron chi connectivity index (χ4n) is 2.31. The second-order valence-corrected chi connectivity index (χ2v) is 7.48. The third-order valence-electron chi connectivity index (χ3n) is 3.46. The van der Waals surface area contributed by atoms with Crippen molar-refractivity contribution in [3.8, 4) is 0 Å². The topological polar surface area (TPSA) is 75.3 Å². The van der Waals surface area contributed by atoms with Crippen LogP contribution in [0.1, 0.15) is 36.7 Å². The Morgan fingerprint density at radius 3 is 2.25 bits per heavy atom. The predicted octanol–water partition coefficient (Wildman–Crippen LogP) is 3.19. The number of rotatable bonds is 6. The van der Waals surface area contributed by atoms with Crippen molar-refractivity contribution in [3.63, 3.8) is 0 Å². The fraction of sp³-hybridized carbons (Fsp3) is 0.278. The molecule has 0 radical (unpaired) electrons. The zero-order chi connectivity index (χ0) is 17.7. The normalized spacial score (nSPS) is 11.5. The van der Waals surface area contributed by atoms with Gasteiger partial charge in [-0.05, 0) is 56.2 Å². The van der Waals surface area contributed by atoms with Crippen LogP contribution in [-0.4, -0.2) is 20.4 Å². The molecule has 0 aromatic heterocycles. The van der Waals surface area contributed by atoms with Crippen LogP contribution in [0.2, 0.25) is 0 Å². The highest BCUT2D eigenvalue weighted by Crippen LogP contribution is 2.17. The first-order valence-electron chi connectivity index (χ1n) is 7.85. The van der Waals surface area contributed by atoms with E-state index in [0.717, 1.165) is 17.7 Å². The van der Waals surface area contributed by atoms with Crippen LogP contribution in [0.25, 0.3) is 0 Å². The second kappa shape index (κ2) is 7.59. The molecular weight excluding hydrogens is 324 g/mol. The van der Waals surface area contributed by atoms with Gasteiger partial charge in [-0.25, -0.2) is 13.1 Å². The number of hydrogen-bond donors (Lipinski definition) is 2. The molecule has 2 N–H and O–H groups in total. The molecule has 0 spiro atoms. The SMILES string of the molecule is CCc1ccccc1NC(=O)c1ccc(S(=O)(=O)NC(C)C)cc1. The average Bonchev–Trinajstić information content (AvgIpc) is 2.54. The van der Waals surface area contributed by atoms with E-state index < -0.39 is 10.0 Å². The van der Waals surface area contributed by atoms with E-state index in [4.69, 9.17) is 0 Å². The summed E-state index contributed by atoms with van der Waals surface area (Å²) in [6.45, 7) is 5.53. The lowest BCUT2D eigenvalue weighted by Gasteiger charge is -2.11. The van der Waals surface area contributed by atoms with Crippen molar-refractivity contribution >= 4 is 21.6 Å². The van der Waals surface area contributed by atoms with Crippen molar-refractivity contribution in [2.24, 2.45) is 0 Å². The summed E-state index contributed by atoms with van der Waals surface area (Å²) in [6, 6.07) is 13.3. The molecule has 0 atom stereocenters. The second-order valence-electron chi connectivity index (χ2n) is 5.77. The zero-order valence-electron chi connectivity index (χ0n) is 14.0. The summed E-state index contributed by atoms with van der Waals surface area (Å²) in [4.78, 5) is 12.5. The number of para-hydroxylation sites is 1. The van der Waals surface area contributed by atoms with Gasteiger partial charge in [0, 0.05) is 17.3 Å². The molecule has 2 rings (SSSR count). The molecule has 0 fully saturated rings. The maximum Gasteiger partial charge on any atom is 0.255 e. The van der Waals surface area contributed by atoms with Crippen LogP contribution in [0.5, 0.6) is 0 Å². The first-order chi connectivity index (χ1) is 11.3. The molecule has 0 unspecified atom stereocenters. The molecule has 0 aliphatic carbocycles. The summed E-state index contributed by atoms with van der Waals surface area (Å²) in [5.41, 5.74) is 2.22. The van der Waals surface area contributed by atoms with Gasteiger partial charge < -0.3 is 5.32 Å². The first-order valence-corrected chi connectivity index (χ1v) is 9.33. The molecule has 6 heteroatoms. The fourth-order valence-corrected chi connectivity index (χ4v) is 3.56. The third-order valence-corrected chi connectivity index (χ3v) is 5.14. The van der Waals surface area contributed by atoms with E-state index in [-0.39, 0.29) is 16.8 Å². The van der Waals surface area contributed by atoms with Crippen LogP contribution in [0, 0.1) is 0 Å². The number of anilines is 1. The van der Waals surface area contributed by atoms with E-state index in [2.05, 4.69) is 10.0 Å². The number of benzene rings is 2. The van der Waals surface area contributed by atoms with Crippen LogP contribution in [0.15, 0.2) is 53.4 Å². The van der Waals surface area contributed by atoms with Crippen LogP contribution in [0.4, 0.5) is 5.69 Å². The maximum atomic E-state index is 12.3. The Bertz CT molecular complexity index is 812. The Labute approximate surface area is 143 Å². The van der Waals surface area contributed by atoms with Crippen molar-refractivity contribution < 1.29 is 13.2 Å². The molecular formula is C18H22N2O3S. The van der Waals surface area contributed by atoms with E-state index in [1.165, 1.54) is 24.3 Å². The Hall–Kier alpha value is -2.18. The lowest BCUT2D eigenvalue weighted by atomic mass is 10.1. The molecule has 0 heterocycles. The predicted molar refractivity (Wildman–Crippen MR) is 95.7 cm³/mol. The minimum atomic E-state index is -3.55. The number of amides is 1. The number of hydrogen-bond acceptors (Lipinski definition) is 3. The number of carbonyl (C=O) groups excluding carboxylic acids is 1. The monoisotopic (exact) mass is 346 g/mol. The number of aryl methyl sites for hydroxylation is 1. The Morgan fingerprint density at radius 2 is 1.67 bits per heavy atom. The van der Waals surface area contributed by atoms with Crippen molar-refractivity contribution in [3.05, 3.63) is 59.7 Å². The van der Waals surface area contributed by atoms with Gasteiger partial charge >= 0.3 is 0 Å². The molecule has 0 aliphatic heterocycles. The molecule has 0 saturated heterocycles. The van der Waals surface area contributed by atoms with Crippen LogP contribution < -0.4 is 10.0 Å². The highest BCUT2D eigenvalue weighted by Gasteiger charge is 2.16. The zero-order valence-corrected chi connectivity index (χ0v) is 14.9. The highest BCUT2D eigenvalue weighted by atomic mass is 32.2. The molecule has 0 aliphatic rings. The number of nitrogens with one attached hydrogen (secondary N) is 2. The van der Waals surface area contributed by atoms with E-state index in [1.807, 2.05) is 31.2 Å². The van der Waals surface area contributed by atoms with Crippen LogP contribution in [0.3, 0.4) is 0 Å². The number of carbonyl (C=O) groups is 1. The highest BCUT2D eigenvalue weighted by molar-refractivity contribution is 7.89. The van der Waals surface area contributed by atoms with Crippen molar-refractivity contribution in [2.75, 3.05) is 5.32 Å². The smallest absolute Gasteiger partial charge is 0.255 e. The van der Waals surface area contributed by atoms with E-state index in [0.29, 0.717) is 5.56 Å². The summed E-state index contributed by atoms with van der Waals surface area (Å²) >= 11 is 0. The lowest BCUT2D eigenvalue weighted by Crippen LogP contribution is -2.30. The minimum absolute atomic E-state index is 0.140. The summed E-state index contributed by atoms with van der Waals surface area (Å²) < 4.78 is 26.7. The van der Waals surface area contributed by atoms with Gasteiger partial charge in [0.05, 0.1) is 4.90 Å². The molecule has 1 amide bonds. The summed E-state index contributed by atoms with van der Waals surface area (Å²) in [7, 11) is -3.55. The quantitative estimate of drug-likeness (QED) is 0.843. The Morgan fingerprint density at radius 1 is 1.04 bits per heavy atom. The van der Waals surface area contributed by atoms with Crippen molar-refractivity contribution in [2.45, 2.75) is 38.1 Å². The standard InChI is InChI=1S/C18H22N2O3S/c1-4-14-7-5-6-8-17(14)19-18(21)15-9-11-16(12-10-15)24(22,23)20-13(2)3/h5-13,20H,4H2,1-3H3,(H,19,21). The van der Waals surface area contributed by atoms with Crippen molar-refractivity contribution in [1.82, 2.24) is 4.72 Å². The van der Waals surface area contributed by atoms with Crippen LogP contribution >= 0.6 is 0 Å². The van der Waals surface area contributed by atoms with Gasteiger partial charge in [-0.1, -0.05) is 25.1 Å². The lowest BCUT2D eigenvalue weighted by molar-refractivity contribution is 0.102. The van der Waals surface area contributed by atoms with Crippen LogP contribution in [-0.2, 0) is 16.4 Å². The number of sulfonamides is 1. The van der Waals surface area contributed by atoms with Gasteiger partial charge in [-0.2, -0.15) is 0 Å². The van der Waals surface area contributed by atoms with E-state index in [1.54, 1.807) is 13.8 Å². The van der Waals surface area contributed by atoms with E-state index >= 15 is 0 Å². The first kappa shape index (κ1) is 18.2. The summed E-state index contributed by atoms with van der Waals surface area (Å²) in [5, 5.41) is 2.86. The molecule has 5 nitrogen and oxygen atoms in total. The molecule has 24 heavy (non-hydrogen) atoms. The van der Waals surface area contributed by atoms with E-state index in [9.17, 15) is 13.2 Å². The Balaban J connectivity index is 2.17. The summed E-state index contributed by atoms with van der Waals surface area (Å²) in [5.74, 6) is -0.267. The largest absolute Gasteiger partial charge is 0.322 e. The maximum absolute atomic E-state index is 12.3. The minimum Gasteiger partial charge on any atom is -0.322 e. The molecule has 0 saturated carbocycles. The van der Waals surface area contributed by atoms with Crippen molar-refractivity contribution in [1.29, 1.82) is 0 Å². The summed E-state index contributed by atoms with van der Waals surface area (Å²) in [6.07, 6.45) is 0.814.